The minimum Gasteiger partial charge on any atom is -0.444 e. The van der Waals surface area contributed by atoms with Gasteiger partial charge >= 0.3 is 12.2 Å². The lowest BCUT2D eigenvalue weighted by atomic mass is 10.1. The van der Waals surface area contributed by atoms with E-state index >= 15 is 0 Å². The summed E-state index contributed by atoms with van der Waals surface area (Å²) in [7, 11) is 0. The largest absolute Gasteiger partial charge is 0.444 e. The van der Waals surface area contributed by atoms with Crippen LogP contribution >= 0.6 is 27.5 Å². The quantitative estimate of drug-likeness (QED) is 0.272. The second-order valence-corrected chi connectivity index (χ2v) is 10.4. The van der Waals surface area contributed by atoms with Crippen LogP contribution in [0.3, 0.4) is 0 Å². The van der Waals surface area contributed by atoms with Crippen molar-refractivity contribution in [2.45, 2.75) is 39.5 Å². The van der Waals surface area contributed by atoms with E-state index in [9.17, 15) is 14.4 Å². The van der Waals surface area contributed by atoms with Gasteiger partial charge in [-0.3, -0.25) is 10.1 Å². The zero-order valence-electron chi connectivity index (χ0n) is 20.6. The number of ether oxygens (including phenoxy) is 2. The van der Waals surface area contributed by atoms with Gasteiger partial charge in [0.25, 0.3) is 5.91 Å². The third-order valence-electron chi connectivity index (χ3n) is 4.67. The lowest BCUT2D eigenvalue weighted by Gasteiger charge is -2.19. The number of halogens is 2. The molecule has 0 aliphatic carbocycles. The first-order chi connectivity index (χ1) is 17.5. The molecule has 0 radical (unpaired) electrons. The molecule has 194 valence electrons. The van der Waals surface area contributed by atoms with Gasteiger partial charge in [-0.2, -0.15) is 0 Å². The van der Waals surface area contributed by atoms with E-state index in [0.29, 0.717) is 15.8 Å². The van der Waals surface area contributed by atoms with Gasteiger partial charge in [-0.1, -0.05) is 57.9 Å². The summed E-state index contributed by atoms with van der Waals surface area (Å²) in [5.74, 6) is -0.438. The average Bonchev–Trinajstić information content (AvgIpc) is 2.80. The van der Waals surface area contributed by atoms with E-state index in [1.54, 1.807) is 32.9 Å². The predicted molar refractivity (Wildman–Crippen MR) is 147 cm³/mol. The Hall–Kier alpha value is -3.56. The van der Waals surface area contributed by atoms with Crippen LogP contribution in [0.4, 0.5) is 21.0 Å². The molecule has 0 heterocycles. The summed E-state index contributed by atoms with van der Waals surface area (Å²) in [6.07, 6.45) is -1.22. The molecule has 3 aromatic carbocycles. The molecular formula is C27H27BrClN3O5. The van der Waals surface area contributed by atoms with Crippen molar-refractivity contribution in [3.63, 3.8) is 0 Å². The molecule has 0 spiro atoms. The van der Waals surface area contributed by atoms with E-state index in [4.69, 9.17) is 21.1 Å². The van der Waals surface area contributed by atoms with Crippen LogP contribution in [0, 0.1) is 0 Å². The smallest absolute Gasteiger partial charge is 0.411 e. The molecule has 3 rings (SSSR count). The summed E-state index contributed by atoms with van der Waals surface area (Å²) < 4.78 is 11.2. The van der Waals surface area contributed by atoms with Crippen molar-refractivity contribution < 1.29 is 23.9 Å². The van der Waals surface area contributed by atoms with Crippen LogP contribution in [0.5, 0.6) is 0 Å². The molecule has 3 N–H and O–H groups in total. The molecule has 10 heteroatoms. The van der Waals surface area contributed by atoms with E-state index in [2.05, 4.69) is 31.9 Å². The van der Waals surface area contributed by atoms with Gasteiger partial charge in [-0.05, 0) is 68.3 Å². The first kappa shape index (κ1) is 28.0. The third kappa shape index (κ3) is 9.78. The van der Waals surface area contributed by atoms with Gasteiger partial charge in [-0.25, -0.2) is 9.59 Å². The fraction of sp³-hybridized carbons (Fsp3) is 0.222. The highest BCUT2D eigenvalue weighted by Gasteiger charge is 2.16. The molecule has 0 fully saturated rings. The minimum absolute atomic E-state index is 0.106. The summed E-state index contributed by atoms with van der Waals surface area (Å²) in [5.41, 5.74) is 2.02. The van der Waals surface area contributed by atoms with Crippen LogP contribution in [-0.2, 0) is 22.6 Å². The summed E-state index contributed by atoms with van der Waals surface area (Å²) in [6.45, 7) is 5.65. The monoisotopic (exact) mass is 587 g/mol. The Balaban J connectivity index is 1.63. The molecule has 0 unspecified atom stereocenters. The maximum atomic E-state index is 12.9. The number of anilines is 2. The third-order valence-corrected chi connectivity index (χ3v) is 5.35. The number of carbonyl (C=O) groups is 3. The second kappa shape index (κ2) is 12.6. The Bertz CT molecular complexity index is 1280. The summed E-state index contributed by atoms with van der Waals surface area (Å²) >= 11 is 9.61. The van der Waals surface area contributed by atoms with Crippen LogP contribution in [0.2, 0.25) is 5.02 Å². The van der Waals surface area contributed by atoms with Gasteiger partial charge in [0.1, 0.15) is 12.2 Å². The van der Waals surface area contributed by atoms with Crippen molar-refractivity contribution in [2.75, 3.05) is 10.6 Å². The molecule has 0 bridgehead atoms. The number of amides is 3. The molecule has 0 saturated carbocycles. The Morgan fingerprint density at radius 2 is 1.57 bits per heavy atom. The molecule has 0 aromatic heterocycles. The van der Waals surface area contributed by atoms with Gasteiger partial charge in [0.2, 0.25) is 0 Å². The fourth-order valence-electron chi connectivity index (χ4n) is 3.19. The molecular weight excluding hydrogens is 562 g/mol. The predicted octanol–water partition coefficient (Wildman–Crippen LogP) is 7.13. The van der Waals surface area contributed by atoms with E-state index in [1.165, 1.54) is 18.2 Å². The first-order valence-electron chi connectivity index (χ1n) is 11.3. The fourth-order valence-corrected chi connectivity index (χ4v) is 3.96. The molecule has 0 atom stereocenters. The molecule has 0 aliphatic rings. The Morgan fingerprint density at radius 3 is 2.27 bits per heavy atom. The van der Waals surface area contributed by atoms with Crippen molar-refractivity contribution in [3.05, 3.63) is 92.9 Å². The molecule has 0 saturated heterocycles. The highest BCUT2D eigenvalue weighted by atomic mass is 79.9. The van der Waals surface area contributed by atoms with Crippen molar-refractivity contribution in [1.82, 2.24) is 5.32 Å². The lowest BCUT2D eigenvalue weighted by Crippen LogP contribution is -2.32. The van der Waals surface area contributed by atoms with E-state index < -0.39 is 23.7 Å². The normalized spacial score (nSPS) is 10.8. The van der Waals surface area contributed by atoms with Crippen molar-refractivity contribution >= 4 is 57.0 Å². The number of nitrogens with one attached hydrogen (secondary N) is 3. The molecule has 3 aromatic rings. The molecule has 37 heavy (non-hydrogen) atoms. The number of carbonyl (C=O) groups excluding carboxylic acids is 3. The molecule has 8 nitrogen and oxygen atoms in total. The Morgan fingerprint density at radius 1 is 0.865 bits per heavy atom. The van der Waals surface area contributed by atoms with Crippen LogP contribution in [0.15, 0.2) is 71.2 Å². The number of alkyl carbamates (subject to hydrolysis) is 1. The minimum atomic E-state index is -0.674. The average molecular weight is 589 g/mol. The van der Waals surface area contributed by atoms with Gasteiger partial charge in [0, 0.05) is 33.0 Å². The van der Waals surface area contributed by atoms with Crippen LogP contribution in [0.1, 0.15) is 42.3 Å². The lowest BCUT2D eigenvalue weighted by molar-refractivity contribution is 0.0523. The number of rotatable bonds is 7. The summed E-state index contributed by atoms with van der Waals surface area (Å²) in [4.78, 5) is 37.1. The van der Waals surface area contributed by atoms with Gasteiger partial charge in [0.15, 0.2) is 0 Å². The number of hydrogen-bond acceptors (Lipinski definition) is 5. The second-order valence-electron chi connectivity index (χ2n) is 9.07. The number of benzene rings is 3. The van der Waals surface area contributed by atoms with Crippen molar-refractivity contribution in [2.24, 2.45) is 0 Å². The summed E-state index contributed by atoms with van der Waals surface area (Å²) in [5, 5.41) is 8.34. The topological polar surface area (TPSA) is 106 Å². The molecule has 0 aliphatic heterocycles. The zero-order valence-corrected chi connectivity index (χ0v) is 22.9. The Labute approximate surface area is 228 Å². The van der Waals surface area contributed by atoms with Crippen LogP contribution in [-0.4, -0.2) is 23.7 Å². The SMILES string of the molecule is CC(C)(C)OC(=O)NCc1cc(Br)cc(NC(=O)c2cc(Cl)cc(NC(=O)OCc3ccccc3)c2)c1. The van der Waals surface area contributed by atoms with E-state index in [0.717, 1.165) is 11.1 Å². The maximum absolute atomic E-state index is 12.9. The van der Waals surface area contributed by atoms with Gasteiger partial charge in [-0.15, -0.1) is 0 Å². The first-order valence-corrected chi connectivity index (χ1v) is 12.5. The summed E-state index contributed by atoms with van der Waals surface area (Å²) in [6, 6.07) is 19.0. The van der Waals surface area contributed by atoms with E-state index in [-0.39, 0.29) is 23.7 Å². The van der Waals surface area contributed by atoms with Crippen LogP contribution < -0.4 is 16.0 Å². The highest BCUT2D eigenvalue weighted by molar-refractivity contribution is 9.10. The van der Waals surface area contributed by atoms with Crippen molar-refractivity contribution in [1.29, 1.82) is 0 Å². The standard InChI is InChI=1S/C27H27BrClN3O5/c1-27(2,3)37-25(34)30-15-18-9-20(28)13-22(10-18)31-24(33)19-11-21(29)14-23(12-19)32-26(35)36-16-17-7-5-4-6-8-17/h4-14H,15-16H2,1-3H3,(H,30,34)(H,31,33)(H,32,35). The number of hydrogen-bond donors (Lipinski definition) is 3. The van der Waals surface area contributed by atoms with Crippen molar-refractivity contribution in [3.8, 4) is 0 Å². The molecule has 3 amide bonds. The highest BCUT2D eigenvalue weighted by Crippen LogP contribution is 2.23. The van der Waals surface area contributed by atoms with Gasteiger partial charge in [0.05, 0.1) is 0 Å². The van der Waals surface area contributed by atoms with Crippen LogP contribution in [0.25, 0.3) is 0 Å². The Kier molecular flexibility index (Phi) is 9.54. The zero-order chi connectivity index (χ0) is 27.0. The maximum Gasteiger partial charge on any atom is 0.411 e. The van der Waals surface area contributed by atoms with E-state index in [1.807, 2.05) is 36.4 Å². The van der Waals surface area contributed by atoms with Gasteiger partial charge < -0.3 is 20.1 Å².